The molecule has 0 aromatic carbocycles. The maximum absolute atomic E-state index is 11.7. The number of rotatable bonds is 9. The van der Waals surface area contributed by atoms with Crippen LogP contribution in [0.3, 0.4) is 0 Å². The Morgan fingerprint density at radius 3 is 2.56 bits per heavy atom. The fourth-order valence-electron chi connectivity index (χ4n) is 2.67. The van der Waals surface area contributed by atoms with Gasteiger partial charge in [-0.2, -0.15) is 0 Å². The molecule has 0 bridgehead atoms. The number of carbonyl (C=O) groups excluding carboxylic acids is 1. The van der Waals surface area contributed by atoms with E-state index in [1.807, 2.05) is 4.90 Å². The molecular weight excluding hydrogens is 226 g/mol. The molecule has 1 fully saturated rings. The van der Waals surface area contributed by atoms with E-state index < -0.39 is 0 Å². The lowest BCUT2D eigenvalue weighted by molar-refractivity contribution is 0.0507. The van der Waals surface area contributed by atoms with Crippen molar-refractivity contribution in [2.75, 3.05) is 13.2 Å². The molecule has 1 aliphatic rings. The molecule has 1 atom stereocenters. The van der Waals surface area contributed by atoms with Crippen LogP contribution in [0.4, 0.5) is 4.79 Å². The second kappa shape index (κ2) is 9.23. The van der Waals surface area contributed by atoms with Crippen molar-refractivity contribution in [3.63, 3.8) is 0 Å². The predicted octanol–water partition coefficient (Wildman–Crippen LogP) is 4.36. The van der Waals surface area contributed by atoms with Crippen molar-refractivity contribution in [1.82, 2.24) is 4.90 Å². The largest absolute Gasteiger partial charge is 0.449 e. The van der Waals surface area contributed by atoms with Crippen LogP contribution in [-0.2, 0) is 4.74 Å². The smallest absolute Gasteiger partial charge is 0.410 e. The highest BCUT2D eigenvalue weighted by Crippen LogP contribution is 2.19. The standard InChI is InChI=1S/C15H29NO2/c1-3-5-6-7-8-11-14(10-4-2)16-12-9-13-18-15(16)17/h14H,3-13H2,1-2H3. The van der Waals surface area contributed by atoms with Crippen molar-refractivity contribution in [3.05, 3.63) is 0 Å². The molecule has 106 valence electrons. The highest BCUT2D eigenvalue weighted by atomic mass is 16.6. The summed E-state index contributed by atoms with van der Waals surface area (Å²) in [6.07, 6.45) is 10.8. The first-order chi connectivity index (χ1) is 8.79. The van der Waals surface area contributed by atoms with E-state index in [0.29, 0.717) is 12.6 Å². The fourth-order valence-corrected chi connectivity index (χ4v) is 2.67. The Morgan fingerprint density at radius 2 is 1.89 bits per heavy atom. The van der Waals surface area contributed by atoms with Crippen molar-refractivity contribution in [3.8, 4) is 0 Å². The molecule has 1 heterocycles. The molecule has 1 amide bonds. The molecule has 1 unspecified atom stereocenters. The van der Waals surface area contributed by atoms with Crippen molar-refractivity contribution < 1.29 is 9.53 Å². The van der Waals surface area contributed by atoms with E-state index >= 15 is 0 Å². The Kier molecular flexibility index (Phi) is 7.86. The van der Waals surface area contributed by atoms with Crippen LogP contribution in [0, 0.1) is 0 Å². The van der Waals surface area contributed by atoms with Gasteiger partial charge in [0.15, 0.2) is 0 Å². The van der Waals surface area contributed by atoms with Gasteiger partial charge in [-0.05, 0) is 19.3 Å². The van der Waals surface area contributed by atoms with Crippen LogP contribution in [0.15, 0.2) is 0 Å². The summed E-state index contributed by atoms with van der Waals surface area (Å²) < 4.78 is 5.15. The van der Waals surface area contributed by atoms with E-state index in [1.54, 1.807) is 0 Å². The average molecular weight is 255 g/mol. The molecule has 0 saturated carbocycles. The quantitative estimate of drug-likeness (QED) is 0.573. The van der Waals surface area contributed by atoms with E-state index in [-0.39, 0.29) is 6.09 Å². The van der Waals surface area contributed by atoms with Crippen LogP contribution < -0.4 is 0 Å². The molecule has 1 saturated heterocycles. The van der Waals surface area contributed by atoms with E-state index in [4.69, 9.17) is 4.74 Å². The predicted molar refractivity (Wildman–Crippen MR) is 74.7 cm³/mol. The highest BCUT2D eigenvalue weighted by Gasteiger charge is 2.26. The lowest BCUT2D eigenvalue weighted by atomic mass is 10.0. The third-order valence-corrected chi connectivity index (χ3v) is 3.71. The molecule has 0 aromatic rings. The number of hydrogen-bond donors (Lipinski definition) is 0. The number of hydrogen-bond acceptors (Lipinski definition) is 2. The fraction of sp³-hybridized carbons (Fsp3) is 0.933. The number of cyclic esters (lactones) is 1. The van der Waals surface area contributed by atoms with Crippen LogP contribution in [0.5, 0.6) is 0 Å². The van der Waals surface area contributed by atoms with Gasteiger partial charge in [-0.15, -0.1) is 0 Å². The topological polar surface area (TPSA) is 29.5 Å². The van der Waals surface area contributed by atoms with Crippen LogP contribution in [-0.4, -0.2) is 30.2 Å². The Hall–Kier alpha value is -0.730. The van der Waals surface area contributed by atoms with E-state index in [0.717, 1.165) is 32.2 Å². The Labute approximate surface area is 112 Å². The summed E-state index contributed by atoms with van der Waals surface area (Å²) in [5.41, 5.74) is 0. The molecule has 18 heavy (non-hydrogen) atoms. The monoisotopic (exact) mass is 255 g/mol. The second-order valence-electron chi connectivity index (χ2n) is 5.31. The second-order valence-corrected chi connectivity index (χ2v) is 5.31. The number of nitrogens with zero attached hydrogens (tertiary/aromatic N) is 1. The number of carbonyl (C=O) groups is 1. The minimum Gasteiger partial charge on any atom is -0.449 e. The summed E-state index contributed by atoms with van der Waals surface area (Å²) in [4.78, 5) is 13.7. The summed E-state index contributed by atoms with van der Waals surface area (Å²) in [5, 5.41) is 0. The Morgan fingerprint density at radius 1 is 1.11 bits per heavy atom. The SMILES string of the molecule is CCCCCCCC(CCC)N1CCCOC1=O. The van der Waals surface area contributed by atoms with Crippen LogP contribution in [0.1, 0.15) is 71.6 Å². The van der Waals surface area contributed by atoms with Gasteiger partial charge in [-0.3, -0.25) is 0 Å². The van der Waals surface area contributed by atoms with Crippen molar-refractivity contribution in [2.45, 2.75) is 77.7 Å². The lowest BCUT2D eigenvalue weighted by Crippen LogP contribution is -2.44. The first-order valence-electron chi connectivity index (χ1n) is 7.73. The van der Waals surface area contributed by atoms with Gasteiger partial charge in [0.25, 0.3) is 0 Å². The van der Waals surface area contributed by atoms with E-state index in [9.17, 15) is 4.79 Å². The first-order valence-corrected chi connectivity index (χ1v) is 7.73. The van der Waals surface area contributed by atoms with Gasteiger partial charge >= 0.3 is 6.09 Å². The minimum atomic E-state index is -0.0896. The first kappa shape index (κ1) is 15.3. The van der Waals surface area contributed by atoms with Gasteiger partial charge in [0.2, 0.25) is 0 Å². The van der Waals surface area contributed by atoms with Crippen LogP contribution in [0.2, 0.25) is 0 Å². The summed E-state index contributed by atoms with van der Waals surface area (Å²) in [6.45, 7) is 5.92. The Bertz CT molecular complexity index is 231. The van der Waals surface area contributed by atoms with Crippen molar-refractivity contribution >= 4 is 6.09 Å². The molecule has 0 radical (unpaired) electrons. The van der Waals surface area contributed by atoms with Gasteiger partial charge < -0.3 is 9.64 Å². The van der Waals surface area contributed by atoms with Gasteiger partial charge in [-0.25, -0.2) is 4.79 Å². The Balaban J connectivity index is 2.31. The summed E-state index contributed by atoms with van der Waals surface area (Å²) in [6, 6.07) is 0.407. The summed E-state index contributed by atoms with van der Waals surface area (Å²) in [5.74, 6) is 0. The van der Waals surface area contributed by atoms with Crippen LogP contribution >= 0.6 is 0 Å². The van der Waals surface area contributed by atoms with Gasteiger partial charge in [0, 0.05) is 12.6 Å². The molecule has 3 heteroatoms. The van der Waals surface area contributed by atoms with Gasteiger partial charge in [0.05, 0.1) is 6.61 Å². The third-order valence-electron chi connectivity index (χ3n) is 3.71. The third kappa shape index (κ3) is 5.28. The molecule has 1 aliphatic heterocycles. The van der Waals surface area contributed by atoms with Crippen molar-refractivity contribution in [1.29, 1.82) is 0 Å². The van der Waals surface area contributed by atoms with E-state index in [1.165, 1.54) is 32.1 Å². The molecule has 3 nitrogen and oxygen atoms in total. The minimum absolute atomic E-state index is 0.0896. The van der Waals surface area contributed by atoms with Gasteiger partial charge in [0.1, 0.15) is 0 Å². The molecule has 0 aromatic heterocycles. The summed E-state index contributed by atoms with van der Waals surface area (Å²) in [7, 11) is 0. The zero-order valence-corrected chi connectivity index (χ0v) is 12.1. The lowest BCUT2D eigenvalue weighted by Gasteiger charge is -2.34. The van der Waals surface area contributed by atoms with Gasteiger partial charge in [-0.1, -0.05) is 52.4 Å². The maximum atomic E-state index is 11.7. The molecule has 1 rings (SSSR count). The maximum Gasteiger partial charge on any atom is 0.410 e. The molecule has 0 aliphatic carbocycles. The number of unbranched alkanes of at least 4 members (excludes halogenated alkanes) is 4. The normalized spacial score (nSPS) is 17.7. The van der Waals surface area contributed by atoms with E-state index in [2.05, 4.69) is 13.8 Å². The van der Waals surface area contributed by atoms with Crippen LogP contribution in [0.25, 0.3) is 0 Å². The zero-order valence-electron chi connectivity index (χ0n) is 12.1. The zero-order chi connectivity index (χ0) is 13.2. The number of amides is 1. The molecule has 0 N–H and O–H groups in total. The highest BCUT2D eigenvalue weighted by molar-refractivity contribution is 5.68. The molecular formula is C15H29NO2. The molecule has 0 spiro atoms. The number of ether oxygens (including phenoxy) is 1. The average Bonchev–Trinajstić information content (AvgIpc) is 2.38. The van der Waals surface area contributed by atoms with Crippen molar-refractivity contribution in [2.24, 2.45) is 0 Å². The summed E-state index contributed by atoms with van der Waals surface area (Å²) >= 11 is 0.